The van der Waals surface area contributed by atoms with Gasteiger partial charge in [0.15, 0.2) is 0 Å². The molecular weight excluding hydrogens is 337 g/mol. The molecule has 0 atom stereocenters. The van der Waals surface area contributed by atoms with Crippen molar-refractivity contribution in [3.8, 4) is 10.4 Å². The van der Waals surface area contributed by atoms with E-state index in [1.54, 1.807) is 37.4 Å². The summed E-state index contributed by atoms with van der Waals surface area (Å²) < 4.78 is 18.9. The lowest BCUT2D eigenvalue weighted by Crippen LogP contribution is -2.21. The van der Waals surface area contributed by atoms with Crippen LogP contribution in [-0.2, 0) is 17.9 Å². The summed E-state index contributed by atoms with van der Waals surface area (Å²) in [5, 5.41) is 2.89. The minimum absolute atomic E-state index is 0.159. The molecule has 3 rings (SSSR count). The number of methoxy groups -OCH3 is 1. The van der Waals surface area contributed by atoms with Gasteiger partial charge in [0.1, 0.15) is 5.82 Å². The third kappa shape index (κ3) is 4.32. The molecule has 0 aliphatic rings. The number of carbonyl (C=O) groups is 1. The van der Waals surface area contributed by atoms with Crippen molar-refractivity contribution in [2.24, 2.45) is 0 Å². The molecule has 1 amide bonds. The molecule has 0 saturated carbocycles. The van der Waals surface area contributed by atoms with Crippen molar-refractivity contribution < 1.29 is 13.9 Å². The fourth-order valence-electron chi connectivity index (χ4n) is 2.46. The number of carbonyl (C=O) groups excluding carboxylic acids is 1. The summed E-state index contributed by atoms with van der Waals surface area (Å²) in [5.41, 5.74) is 2.62. The Morgan fingerprint density at radius 3 is 2.48 bits per heavy atom. The smallest absolute Gasteiger partial charge is 0.261 e. The van der Waals surface area contributed by atoms with E-state index >= 15 is 0 Å². The first kappa shape index (κ1) is 17.3. The summed E-state index contributed by atoms with van der Waals surface area (Å²) in [6, 6.07) is 18.0. The fourth-order valence-corrected chi connectivity index (χ4v) is 3.40. The number of benzene rings is 2. The van der Waals surface area contributed by atoms with Gasteiger partial charge >= 0.3 is 0 Å². The predicted molar refractivity (Wildman–Crippen MR) is 98.0 cm³/mol. The highest BCUT2D eigenvalue weighted by Gasteiger charge is 2.12. The Morgan fingerprint density at radius 2 is 1.76 bits per heavy atom. The van der Waals surface area contributed by atoms with Gasteiger partial charge in [0.05, 0.1) is 11.5 Å². The quantitative estimate of drug-likeness (QED) is 0.700. The van der Waals surface area contributed by atoms with Gasteiger partial charge in [-0.05, 0) is 29.3 Å². The minimum Gasteiger partial charge on any atom is -0.380 e. The van der Waals surface area contributed by atoms with Gasteiger partial charge in [0.25, 0.3) is 5.91 Å². The van der Waals surface area contributed by atoms with Gasteiger partial charge in [-0.15, -0.1) is 11.3 Å². The second-order valence-corrected chi connectivity index (χ2v) is 6.66. The Labute approximate surface area is 150 Å². The van der Waals surface area contributed by atoms with E-state index in [1.165, 1.54) is 17.4 Å². The molecule has 1 aromatic heterocycles. The van der Waals surface area contributed by atoms with Crippen molar-refractivity contribution >= 4 is 17.2 Å². The van der Waals surface area contributed by atoms with E-state index in [2.05, 4.69) is 5.32 Å². The van der Waals surface area contributed by atoms with Gasteiger partial charge in [-0.3, -0.25) is 4.79 Å². The molecular formula is C20H18FNO2S. The summed E-state index contributed by atoms with van der Waals surface area (Å²) in [4.78, 5) is 13.6. The van der Waals surface area contributed by atoms with Gasteiger partial charge in [-0.1, -0.05) is 42.5 Å². The SMILES string of the molecule is COCc1ccc(CNC(=O)c2ccc(-c3ccccc3F)s2)cc1. The van der Waals surface area contributed by atoms with E-state index in [1.807, 2.05) is 24.3 Å². The van der Waals surface area contributed by atoms with E-state index in [0.29, 0.717) is 23.6 Å². The zero-order chi connectivity index (χ0) is 17.6. The van der Waals surface area contributed by atoms with E-state index in [0.717, 1.165) is 16.0 Å². The maximum atomic E-state index is 13.8. The van der Waals surface area contributed by atoms with Crippen LogP contribution in [0.2, 0.25) is 0 Å². The molecule has 0 aliphatic heterocycles. The normalized spacial score (nSPS) is 10.6. The van der Waals surface area contributed by atoms with Crippen LogP contribution < -0.4 is 5.32 Å². The number of amides is 1. The molecule has 0 unspecified atom stereocenters. The standard InChI is InChI=1S/C20H18FNO2S/c1-24-13-15-8-6-14(7-9-15)12-22-20(23)19-11-10-18(25-19)16-4-2-3-5-17(16)21/h2-11H,12-13H2,1H3,(H,22,23). The van der Waals surface area contributed by atoms with Crippen LogP contribution in [0.4, 0.5) is 4.39 Å². The average Bonchev–Trinajstić information content (AvgIpc) is 3.11. The van der Waals surface area contributed by atoms with E-state index in [4.69, 9.17) is 4.74 Å². The summed E-state index contributed by atoms with van der Waals surface area (Å²) in [6.45, 7) is 1.01. The number of hydrogen-bond acceptors (Lipinski definition) is 3. The molecule has 0 aliphatic carbocycles. The number of nitrogens with one attached hydrogen (secondary N) is 1. The third-order valence-electron chi connectivity index (χ3n) is 3.76. The highest BCUT2D eigenvalue weighted by atomic mass is 32.1. The second-order valence-electron chi connectivity index (χ2n) is 5.58. The highest BCUT2D eigenvalue weighted by Crippen LogP contribution is 2.29. The molecule has 2 aromatic carbocycles. The van der Waals surface area contributed by atoms with Crippen LogP contribution in [0.3, 0.4) is 0 Å². The van der Waals surface area contributed by atoms with Crippen molar-refractivity contribution in [2.45, 2.75) is 13.2 Å². The number of thiophene rings is 1. The zero-order valence-corrected chi connectivity index (χ0v) is 14.6. The molecule has 25 heavy (non-hydrogen) atoms. The Balaban J connectivity index is 1.63. The fraction of sp³-hybridized carbons (Fsp3) is 0.150. The molecule has 3 nitrogen and oxygen atoms in total. The molecule has 0 spiro atoms. The highest BCUT2D eigenvalue weighted by molar-refractivity contribution is 7.17. The number of ether oxygens (including phenoxy) is 1. The predicted octanol–water partition coefficient (Wildman–Crippen LogP) is 4.63. The maximum absolute atomic E-state index is 13.8. The van der Waals surface area contributed by atoms with Crippen LogP contribution in [0, 0.1) is 5.82 Å². The molecule has 0 saturated heterocycles. The Kier molecular flexibility index (Phi) is 5.58. The van der Waals surface area contributed by atoms with Crippen molar-refractivity contribution in [3.05, 3.63) is 82.5 Å². The Hall–Kier alpha value is -2.50. The van der Waals surface area contributed by atoms with Crippen LogP contribution in [0.5, 0.6) is 0 Å². The van der Waals surface area contributed by atoms with E-state index in [9.17, 15) is 9.18 Å². The lowest BCUT2D eigenvalue weighted by atomic mass is 10.1. The van der Waals surface area contributed by atoms with Gasteiger partial charge < -0.3 is 10.1 Å². The molecule has 128 valence electrons. The zero-order valence-electron chi connectivity index (χ0n) is 13.8. The molecule has 0 bridgehead atoms. The van der Waals surface area contributed by atoms with Crippen LogP contribution in [0.15, 0.2) is 60.7 Å². The van der Waals surface area contributed by atoms with Gasteiger partial charge in [-0.2, -0.15) is 0 Å². The Morgan fingerprint density at radius 1 is 1.04 bits per heavy atom. The van der Waals surface area contributed by atoms with Crippen LogP contribution in [0.1, 0.15) is 20.8 Å². The molecule has 0 fully saturated rings. The van der Waals surface area contributed by atoms with Crippen molar-refractivity contribution in [1.82, 2.24) is 5.32 Å². The molecule has 1 N–H and O–H groups in total. The Bertz CT molecular complexity index is 858. The van der Waals surface area contributed by atoms with Crippen LogP contribution in [0.25, 0.3) is 10.4 Å². The average molecular weight is 355 g/mol. The summed E-state index contributed by atoms with van der Waals surface area (Å²) >= 11 is 1.28. The topological polar surface area (TPSA) is 38.3 Å². The molecule has 3 aromatic rings. The van der Waals surface area contributed by atoms with Gasteiger partial charge in [0.2, 0.25) is 0 Å². The van der Waals surface area contributed by atoms with Gasteiger partial charge in [0, 0.05) is 24.1 Å². The summed E-state index contributed by atoms with van der Waals surface area (Å²) in [5.74, 6) is -0.444. The first-order valence-electron chi connectivity index (χ1n) is 7.87. The van der Waals surface area contributed by atoms with Crippen LogP contribution >= 0.6 is 11.3 Å². The third-order valence-corrected chi connectivity index (χ3v) is 4.87. The van der Waals surface area contributed by atoms with Crippen molar-refractivity contribution in [2.75, 3.05) is 7.11 Å². The maximum Gasteiger partial charge on any atom is 0.261 e. The number of halogens is 1. The first-order valence-corrected chi connectivity index (χ1v) is 8.68. The molecule has 1 heterocycles. The number of hydrogen-bond donors (Lipinski definition) is 1. The lowest BCUT2D eigenvalue weighted by Gasteiger charge is -2.05. The first-order chi connectivity index (χ1) is 12.2. The van der Waals surface area contributed by atoms with E-state index in [-0.39, 0.29) is 11.7 Å². The summed E-state index contributed by atoms with van der Waals surface area (Å²) in [7, 11) is 1.66. The van der Waals surface area contributed by atoms with Crippen molar-refractivity contribution in [1.29, 1.82) is 0 Å². The largest absolute Gasteiger partial charge is 0.380 e. The monoisotopic (exact) mass is 355 g/mol. The van der Waals surface area contributed by atoms with Gasteiger partial charge in [-0.25, -0.2) is 4.39 Å². The summed E-state index contributed by atoms with van der Waals surface area (Å²) in [6.07, 6.45) is 0. The minimum atomic E-state index is -0.285. The molecule has 0 radical (unpaired) electrons. The lowest BCUT2D eigenvalue weighted by molar-refractivity contribution is 0.0955. The van der Waals surface area contributed by atoms with Crippen LogP contribution in [-0.4, -0.2) is 13.0 Å². The number of rotatable bonds is 6. The van der Waals surface area contributed by atoms with Crippen molar-refractivity contribution in [3.63, 3.8) is 0 Å². The second kappa shape index (κ2) is 8.05. The molecule has 5 heteroatoms. The van der Waals surface area contributed by atoms with E-state index < -0.39 is 0 Å².